The Morgan fingerprint density at radius 1 is 1.29 bits per heavy atom. The number of methoxy groups -OCH3 is 1. The molecule has 1 aliphatic rings. The Hall–Kier alpha value is -1.77. The number of esters is 1. The first-order valence-electron chi connectivity index (χ1n) is 5.89. The van der Waals surface area contributed by atoms with Crippen LogP contribution in [0.1, 0.15) is 24.8 Å². The zero-order chi connectivity index (χ0) is 12.1. The Kier molecular flexibility index (Phi) is 3.81. The van der Waals surface area contributed by atoms with E-state index in [4.69, 9.17) is 4.74 Å². The number of allylic oxidation sites excluding steroid dienone is 1. The van der Waals surface area contributed by atoms with Gasteiger partial charge in [0.25, 0.3) is 0 Å². The molecule has 0 bridgehead atoms. The fraction of sp³-hybridized carbons (Fsp3) is 0.357. The van der Waals surface area contributed by atoms with Gasteiger partial charge in [-0.15, -0.1) is 0 Å². The zero-order valence-electron chi connectivity index (χ0n) is 10.0. The molecule has 1 N–H and O–H groups in total. The van der Waals surface area contributed by atoms with Gasteiger partial charge < -0.3 is 10.1 Å². The summed E-state index contributed by atoms with van der Waals surface area (Å²) in [6.45, 7) is 0.761. The minimum atomic E-state index is -0.196. The van der Waals surface area contributed by atoms with Crippen LogP contribution in [-0.2, 0) is 16.1 Å². The van der Waals surface area contributed by atoms with Crippen LogP contribution in [0.2, 0.25) is 0 Å². The highest BCUT2D eigenvalue weighted by atomic mass is 16.5. The third-order valence-electron chi connectivity index (χ3n) is 3.00. The second-order valence-corrected chi connectivity index (χ2v) is 4.14. The van der Waals surface area contributed by atoms with E-state index in [1.165, 1.54) is 12.7 Å². The van der Waals surface area contributed by atoms with Crippen LogP contribution in [0.25, 0.3) is 0 Å². The van der Waals surface area contributed by atoms with E-state index in [2.05, 4.69) is 17.4 Å². The van der Waals surface area contributed by atoms with Crippen LogP contribution >= 0.6 is 0 Å². The normalized spacial score (nSPS) is 14.9. The van der Waals surface area contributed by atoms with E-state index in [1.54, 1.807) is 0 Å². The number of carbonyl (C=O) groups excluding carboxylic acids is 1. The quantitative estimate of drug-likeness (QED) is 0.809. The molecule has 0 unspecified atom stereocenters. The van der Waals surface area contributed by atoms with Gasteiger partial charge in [0.2, 0.25) is 0 Å². The Bertz CT molecular complexity index is 423. The molecule has 0 fully saturated rings. The van der Waals surface area contributed by atoms with Crippen LogP contribution < -0.4 is 5.32 Å². The average molecular weight is 231 g/mol. The van der Waals surface area contributed by atoms with E-state index in [-0.39, 0.29) is 5.97 Å². The summed E-state index contributed by atoms with van der Waals surface area (Å²) in [7, 11) is 1.43. The summed E-state index contributed by atoms with van der Waals surface area (Å²) in [5.41, 5.74) is 3.07. The van der Waals surface area contributed by atoms with Gasteiger partial charge in [-0.25, -0.2) is 4.79 Å². The van der Waals surface area contributed by atoms with Gasteiger partial charge in [0.1, 0.15) is 0 Å². The van der Waals surface area contributed by atoms with Crippen molar-refractivity contribution in [2.45, 2.75) is 25.8 Å². The molecule has 0 aromatic heterocycles. The third kappa shape index (κ3) is 2.87. The fourth-order valence-electron chi connectivity index (χ4n) is 2.09. The molecular formula is C14H17NO2. The van der Waals surface area contributed by atoms with Gasteiger partial charge in [0, 0.05) is 12.2 Å². The van der Waals surface area contributed by atoms with E-state index in [0.717, 1.165) is 37.1 Å². The van der Waals surface area contributed by atoms with Gasteiger partial charge in [-0.05, 0) is 24.8 Å². The second-order valence-electron chi connectivity index (χ2n) is 4.14. The first kappa shape index (κ1) is 11.7. The first-order chi connectivity index (χ1) is 8.31. The number of benzene rings is 1. The van der Waals surface area contributed by atoms with E-state index >= 15 is 0 Å². The minimum Gasteiger partial charge on any atom is -0.466 e. The molecule has 0 atom stereocenters. The number of nitrogens with one attached hydrogen (secondary N) is 1. The second kappa shape index (κ2) is 5.53. The van der Waals surface area contributed by atoms with Crippen molar-refractivity contribution < 1.29 is 9.53 Å². The zero-order valence-corrected chi connectivity index (χ0v) is 10.0. The molecule has 2 rings (SSSR count). The summed E-state index contributed by atoms with van der Waals surface area (Å²) < 4.78 is 4.78. The highest BCUT2D eigenvalue weighted by Crippen LogP contribution is 2.25. The summed E-state index contributed by atoms with van der Waals surface area (Å²) >= 11 is 0. The van der Waals surface area contributed by atoms with Crippen molar-refractivity contribution in [3.63, 3.8) is 0 Å². The van der Waals surface area contributed by atoms with Crippen molar-refractivity contribution in [3.8, 4) is 0 Å². The first-order valence-corrected chi connectivity index (χ1v) is 5.89. The Labute approximate surface area is 101 Å². The van der Waals surface area contributed by atoms with Crippen molar-refractivity contribution in [1.29, 1.82) is 0 Å². The monoisotopic (exact) mass is 231 g/mol. The Morgan fingerprint density at radius 2 is 2.06 bits per heavy atom. The maximum absolute atomic E-state index is 11.5. The highest BCUT2D eigenvalue weighted by molar-refractivity contribution is 5.89. The molecule has 0 radical (unpaired) electrons. The Morgan fingerprint density at radius 3 is 2.76 bits per heavy atom. The van der Waals surface area contributed by atoms with Crippen LogP contribution in [0.4, 0.5) is 0 Å². The van der Waals surface area contributed by atoms with Crippen molar-refractivity contribution in [3.05, 3.63) is 47.2 Å². The molecule has 1 aromatic rings. The van der Waals surface area contributed by atoms with E-state index in [9.17, 15) is 4.79 Å². The van der Waals surface area contributed by atoms with Crippen LogP contribution in [0, 0.1) is 0 Å². The summed E-state index contributed by atoms with van der Waals surface area (Å²) in [6, 6.07) is 10.2. The maximum Gasteiger partial charge on any atom is 0.335 e. The lowest BCUT2D eigenvalue weighted by Gasteiger charge is -2.09. The third-order valence-corrected chi connectivity index (χ3v) is 3.00. The molecular weight excluding hydrogens is 214 g/mol. The lowest BCUT2D eigenvalue weighted by molar-refractivity contribution is -0.136. The fourth-order valence-corrected chi connectivity index (χ4v) is 2.09. The summed E-state index contributed by atoms with van der Waals surface area (Å²) in [5, 5.41) is 3.34. The molecule has 0 saturated heterocycles. The minimum absolute atomic E-state index is 0.196. The van der Waals surface area contributed by atoms with Crippen LogP contribution in [0.3, 0.4) is 0 Å². The van der Waals surface area contributed by atoms with Crippen LogP contribution in [-0.4, -0.2) is 13.1 Å². The number of hydrogen-bond donors (Lipinski definition) is 1. The summed E-state index contributed by atoms with van der Waals surface area (Å²) in [4.78, 5) is 11.5. The van der Waals surface area contributed by atoms with Gasteiger partial charge in [0.15, 0.2) is 0 Å². The SMILES string of the molecule is COC(=O)C1=C(NCc2ccccc2)CCC1. The van der Waals surface area contributed by atoms with E-state index in [1.807, 2.05) is 18.2 Å². The van der Waals surface area contributed by atoms with Gasteiger partial charge in [0.05, 0.1) is 12.7 Å². The topological polar surface area (TPSA) is 38.3 Å². The van der Waals surface area contributed by atoms with Crippen molar-refractivity contribution in [2.24, 2.45) is 0 Å². The predicted molar refractivity (Wildman–Crippen MR) is 66.2 cm³/mol. The molecule has 0 aliphatic heterocycles. The highest BCUT2D eigenvalue weighted by Gasteiger charge is 2.20. The molecule has 0 spiro atoms. The average Bonchev–Trinajstić information content (AvgIpc) is 2.85. The number of hydrogen-bond acceptors (Lipinski definition) is 3. The molecule has 0 amide bonds. The van der Waals surface area contributed by atoms with Gasteiger partial charge in [-0.3, -0.25) is 0 Å². The van der Waals surface area contributed by atoms with Crippen molar-refractivity contribution in [2.75, 3.05) is 7.11 Å². The maximum atomic E-state index is 11.5. The van der Waals surface area contributed by atoms with Crippen LogP contribution in [0.15, 0.2) is 41.6 Å². The predicted octanol–water partition coefficient (Wildman–Crippen LogP) is 2.39. The lowest BCUT2D eigenvalue weighted by Crippen LogP contribution is -2.16. The summed E-state index contributed by atoms with van der Waals surface area (Å²) in [6.07, 6.45) is 2.79. The molecule has 17 heavy (non-hydrogen) atoms. The molecule has 3 heteroatoms. The molecule has 3 nitrogen and oxygen atoms in total. The van der Waals surface area contributed by atoms with Crippen molar-refractivity contribution in [1.82, 2.24) is 5.32 Å². The van der Waals surface area contributed by atoms with Gasteiger partial charge in [-0.2, -0.15) is 0 Å². The Balaban J connectivity index is 2.01. The molecule has 0 heterocycles. The van der Waals surface area contributed by atoms with E-state index < -0.39 is 0 Å². The standard InChI is InChI=1S/C14H17NO2/c1-17-14(16)12-8-5-9-13(12)15-10-11-6-3-2-4-7-11/h2-4,6-7,15H,5,8-10H2,1H3. The molecule has 1 aromatic carbocycles. The molecule has 90 valence electrons. The van der Waals surface area contributed by atoms with Gasteiger partial charge >= 0.3 is 5.97 Å². The molecule has 1 aliphatic carbocycles. The van der Waals surface area contributed by atoms with Crippen molar-refractivity contribution >= 4 is 5.97 Å². The number of carbonyl (C=O) groups is 1. The summed E-state index contributed by atoms with van der Waals surface area (Å²) in [5.74, 6) is -0.196. The van der Waals surface area contributed by atoms with E-state index in [0.29, 0.717) is 0 Å². The largest absolute Gasteiger partial charge is 0.466 e. The van der Waals surface area contributed by atoms with Crippen LogP contribution in [0.5, 0.6) is 0 Å². The molecule has 0 saturated carbocycles. The number of ether oxygens (including phenoxy) is 1. The smallest absolute Gasteiger partial charge is 0.335 e. The number of rotatable bonds is 4. The lowest BCUT2D eigenvalue weighted by atomic mass is 10.2. The van der Waals surface area contributed by atoms with Gasteiger partial charge in [-0.1, -0.05) is 30.3 Å².